The Balaban J connectivity index is 2.06. The average molecular weight is 225 g/mol. The standard InChI is InChI=1S/C14H13N2O/c1-2-17-14-10-8-13(9-11-14)16-15-12-6-4-3-5-7-12/h3-11H,1-2H2. The Morgan fingerprint density at radius 1 is 0.824 bits per heavy atom. The van der Waals surface area contributed by atoms with Crippen molar-refractivity contribution in [1.29, 1.82) is 0 Å². The van der Waals surface area contributed by atoms with E-state index in [9.17, 15) is 0 Å². The minimum atomic E-state index is 0.422. The molecule has 0 atom stereocenters. The van der Waals surface area contributed by atoms with Crippen LogP contribution in [-0.4, -0.2) is 6.61 Å². The van der Waals surface area contributed by atoms with Crippen LogP contribution in [0.1, 0.15) is 0 Å². The van der Waals surface area contributed by atoms with Gasteiger partial charge in [-0.05, 0) is 43.3 Å². The quantitative estimate of drug-likeness (QED) is 0.713. The predicted molar refractivity (Wildman–Crippen MR) is 67.9 cm³/mol. The third kappa shape index (κ3) is 3.41. The van der Waals surface area contributed by atoms with Crippen LogP contribution in [0.4, 0.5) is 11.4 Å². The minimum absolute atomic E-state index is 0.422. The molecule has 0 unspecified atom stereocenters. The summed E-state index contributed by atoms with van der Waals surface area (Å²) in [6.45, 7) is 4.04. The second-order valence-corrected chi connectivity index (χ2v) is 3.38. The molecule has 0 bridgehead atoms. The van der Waals surface area contributed by atoms with Crippen LogP contribution >= 0.6 is 0 Å². The van der Waals surface area contributed by atoms with E-state index in [-0.39, 0.29) is 0 Å². The van der Waals surface area contributed by atoms with Gasteiger partial charge in [0.25, 0.3) is 0 Å². The van der Waals surface area contributed by atoms with E-state index in [0.29, 0.717) is 6.61 Å². The van der Waals surface area contributed by atoms with Crippen LogP contribution in [0.5, 0.6) is 5.75 Å². The molecule has 0 aromatic heterocycles. The fourth-order valence-corrected chi connectivity index (χ4v) is 1.34. The molecule has 0 aliphatic heterocycles. The van der Waals surface area contributed by atoms with E-state index < -0.39 is 0 Å². The van der Waals surface area contributed by atoms with E-state index in [1.165, 1.54) is 0 Å². The minimum Gasteiger partial charge on any atom is -0.494 e. The van der Waals surface area contributed by atoms with E-state index in [2.05, 4.69) is 17.2 Å². The summed E-state index contributed by atoms with van der Waals surface area (Å²) in [4.78, 5) is 0. The largest absolute Gasteiger partial charge is 0.494 e. The Kier molecular flexibility index (Phi) is 3.86. The first kappa shape index (κ1) is 11.3. The summed E-state index contributed by atoms with van der Waals surface area (Å²) in [6, 6.07) is 17.0. The zero-order chi connectivity index (χ0) is 11.9. The van der Waals surface area contributed by atoms with Crippen molar-refractivity contribution >= 4 is 11.4 Å². The Bertz CT molecular complexity index is 477. The van der Waals surface area contributed by atoms with Crippen LogP contribution in [-0.2, 0) is 0 Å². The Hall–Kier alpha value is -2.16. The highest BCUT2D eigenvalue weighted by Crippen LogP contribution is 2.20. The first-order valence-electron chi connectivity index (χ1n) is 5.37. The maximum absolute atomic E-state index is 5.24. The van der Waals surface area contributed by atoms with E-state index in [1.807, 2.05) is 54.6 Å². The van der Waals surface area contributed by atoms with E-state index in [1.54, 1.807) is 0 Å². The number of hydrogen-bond acceptors (Lipinski definition) is 3. The molecule has 0 aliphatic carbocycles. The van der Waals surface area contributed by atoms with Crippen LogP contribution in [0.2, 0.25) is 0 Å². The van der Waals surface area contributed by atoms with Crippen molar-refractivity contribution in [1.82, 2.24) is 0 Å². The molecule has 3 heteroatoms. The molecule has 0 saturated carbocycles. The van der Waals surface area contributed by atoms with Crippen LogP contribution in [0.25, 0.3) is 0 Å². The summed E-state index contributed by atoms with van der Waals surface area (Å²) >= 11 is 0. The fourth-order valence-electron chi connectivity index (χ4n) is 1.34. The molecule has 2 rings (SSSR count). The lowest BCUT2D eigenvalue weighted by molar-refractivity contribution is 0.361. The van der Waals surface area contributed by atoms with Crippen molar-refractivity contribution in [2.45, 2.75) is 0 Å². The molecular weight excluding hydrogens is 212 g/mol. The Morgan fingerprint density at radius 3 is 2.00 bits per heavy atom. The molecule has 0 aliphatic rings. The third-order valence-corrected chi connectivity index (χ3v) is 2.14. The molecule has 1 radical (unpaired) electrons. The summed E-state index contributed by atoms with van der Waals surface area (Å²) in [5, 5.41) is 8.26. The summed E-state index contributed by atoms with van der Waals surface area (Å²) in [5.74, 6) is 0.790. The number of nitrogens with zero attached hydrogens (tertiary/aromatic N) is 2. The smallest absolute Gasteiger partial charge is 0.119 e. The summed E-state index contributed by atoms with van der Waals surface area (Å²) < 4.78 is 5.24. The number of azo groups is 1. The lowest BCUT2D eigenvalue weighted by Crippen LogP contribution is -1.90. The molecule has 0 N–H and O–H groups in total. The lowest BCUT2D eigenvalue weighted by atomic mass is 10.3. The van der Waals surface area contributed by atoms with Gasteiger partial charge in [-0.2, -0.15) is 10.2 Å². The molecule has 85 valence electrons. The highest BCUT2D eigenvalue weighted by Gasteiger charge is 1.93. The maximum atomic E-state index is 5.24. The van der Waals surface area contributed by atoms with Crippen LogP contribution in [0, 0.1) is 6.92 Å². The van der Waals surface area contributed by atoms with Crippen molar-refractivity contribution in [3.8, 4) is 5.75 Å². The van der Waals surface area contributed by atoms with E-state index in [0.717, 1.165) is 17.1 Å². The summed E-state index contributed by atoms with van der Waals surface area (Å²) in [5.41, 5.74) is 1.64. The number of ether oxygens (including phenoxy) is 1. The van der Waals surface area contributed by atoms with Crippen LogP contribution < -0.4 is 4.74 Å². The van der Waals surface area contributed by atoms with E-state index >= 15 is 0 Å². The average Bonchev–Trinajstić information content (AvgIpc) is 2.40. The first-order valence-corrected chi connectivity index (χ1v) is 5.37. The summed E-state index contributed by atoms with van der Waals surface area (Å²) in [7, 11) is 0. The zero-order valence-electron chi connectivity index (χ0n) is 9.41. The van der Waals surface area contributed by atoms with Gasteiger partial charge in [0.15, 0.2) is 0 Å². The second-order valence-electron chi connectivity index (χ2n) is 3.38. The highest BCUT2D eigenvalue weighted by atomic mass is 16.5. The molecule has 2 aromatic rings. The van der Waals surface area contributed by atoms with Gasteiger partial charge in [-0.15, -0.1) is 0 Å². The molecule has 3 nitrogen and oxygen atoms in total. The van der Waals surface area contributed by atoms with Crippen LogP contribution in [0.3, 0.4) is 0 Å². The van der Waals surface area contributed by atoms with Crippen molar-refractivity contribution in [3.63, 3.8) is 0 Å². The Labute approximate surface area is 101 Å². The Morgan fingerprint density at radius 2 is 1.41 bits per heavy atom. The van der Waals surface area contributed by atoms with E-state index in [4.69, 9.17) is 4.74 Å². The first-order chi connectivity index (χ1) is 8.38. The predicted octanol–water partition coefficient (Wildman–Crippen LogP) is 4.31. The number of hydrogen-bond donors (Lipinski definition) is 0. The molecule has 0 amide bonds. The molecule has 17 heavy (non-hydrogen) atoms. The summed E-state index contributed by atoms with van der Waals surface area (Å²) in [6.07, 6.45) is 0. The maximum Gasteiger partial charge on any atom is 0.119 e. The van der Waals surface area contributed by atoms with Gasteiger partial charge in [-0.3, -0.25) is 0 Å². The molecule has 0 heterocycles. The molecule has 0 spiro atoms. The van der Waals surface area contributed by atoms with Gasteiger partial charge >= 0.3 is 0 Å². The molecule has 0 saturated heterocycles. The van der Waals surface area contributed by atoms with Gasteiger partial charge in [0.1, 0.15) is 5.75 Å². The van der Waals surface area contributed by atoms with Crippen molar-refractivity contribution in [2.24, 2.45) is 10.2 Å². The third-order valence-electron chi connectivity index (χ3n) is 2.14. The second kappa shape index (κ2) is 5.80. The van der Waals surface area contributed by atoms with Gasteiger partial charge in [0, 0.05) is 0 Å². The van der Waals surface area contributed by atoms with Crippen LogP contribution in [0.15, 0.2) is 64.8 Å². The van der Waals surface area contributed by atoms with Gasteiger partial charge in [-0.1, -0.05) is 18.2 Å². The van der Waals surface area contributed by atoms with Crippen molar-refractivity contribution in [2.75, 3.05) is 6.61 Å². The van der Waals surface area contributed by atoms with Crippen molar-refractivity contribution in [3.05, 3.63) is 61.5 Å². The number of benzene rings is 2. The topological polar surface area (TPSA) is 34.0 Å². The van der Waals surface area contributed by atoms with Gasteiger partial charge in [-0.25, -0.2) is 0 Å². The normalized spacial score (nSPS) is 10.6. The van der Waals surface area contributed by atoms with Crippen molar-refractivity contribution < 1.29 is 4.74 Å². The lowest BCUT2D eigenvalue weighted by Gasteiger charge is -2.01. The van der Waals surface area contributed by atoms with Gasteiger partial charge < -0.3 is 4.74 Å². The highest BCUT2D eigenvalue weighted by molar-refractivity contribution is 5.42. The SMILES string of the molecule is [CH2]COc1ccc(N=Nc2ccccc2)cc1. The zero-order valence-corrected chi connectivity index (χ0v) is 9.41. The molecular formula is C14H13N2O. The van der Waals surface area contributed by atoms with Gasteiger partial charge in [0.2, 0.25) is 0 Å². The number of rotatable bonds is 4. The fraction of sp³-hybridized carbons (Fsp3) is 0.0714. The molecule has 2 aromatic carbocycles. The monoisotopic (exact) mass is 225 g/mol. The molecule has 0 fully saturated rings. The van der Waals surface area contributed by atoms with Gasteiger partial charge in [0.05, 0.1) is 18.0 Å².